The fourth-order valence-electron chi connectivity index (χ4n) is 2.07. The average Bonchev–Trinajstić information content (AvgIpc) is 2.62. The molecule has 1 unspecified atom stereocenters. The molecule has 0 fully saturated rings. The minimum Gasteiger partial charge on any atom is -0.382 e. The monoisotopic (exact) mass is 391 g/mol. The Morgan fingerprint density at radius 1 is 1.07 bits per heavy atom. The number of hydrogen-bond donors (Lipinski definition) is 2. The first-order valence-electron chi connectivity index (χ1n) is 8.10. The Balaban J connectivity index is 1.95. The van der Waals surface area contributed by atoms with Gasteiger partial charge in [-0.05, 0) is 49.7 Å². The standard InChI is InChI=1S/C19H19ClFN3O3/c1-11(14-4-6-15(7-5-14)22-13(3)25)24-27-12(2)19(26)23-16-8-9-18(21)17(20)10-16/h4-10,12H,1-3H3,(H,22,25)(H,23,26)/b24-11+. The SMILES string of the molecule is CC(=O)Nc1ccc(/C(C)=N/OC(C)C(=O)Nc2ccc(F)c(Cl)c2)cc1. The number of halogens is 2. The Bertz CT molecular complexity index is 869. The van der Waals surface area contributed by atoms with Crippen LogP contribution in [0.15, 0.2) is 47.6 Å². The fourth-order valence-corrected chi connectivity index (χ4v) is 2.26. The van der Waals surface area contributed by atoms with Gasteiger partial charge in [0.05, 0.1) is 10.7 Å². The molecule has 0 aliphatic rings. The number of amides is 2. The van der Waals surface area contributed by atoms with Crippen LogP contribution in [0.25, 0.3) is 0 Å². The van der Waals surface area contributed by atoms with Gasteiger partial charge in [0.15, 0.2) is 0 Å². The summed E-state index contributed by atoms with van der Waals surface area (Å²) in [6.45, 7) is 4.70. The zero-order valence-electron chi connectivity index (χ0n) is 15.0. The minimum absolute atomic E-state index is 0.0852. The number of nitrogens with one attached hydrogen (secondary N) is 2. The van der Waals surface area contributed by atoms with Gasteiger partial charge in [-0.15, -0.1) is 0 Å². The second-order valence-electron chi connectivity index (χ2n) is 5.80. The maximum atomic E-state index is 13.1. The number of rotatable bonds is 6. The number of hydrogen-bond acceptors (Lipinski definition) is 4. The third-order valence-electron chi connectivity index (χ3n) is 3.53. The summed E-state index contributed by atoms with van der Waals surface area (Å²) in [5, 5.41) is 9.12. The molecule has 0 aliphatic heterocycles. The fraction of sp³-hybridized carbons (Fsp3) is 0.211. The van der Waals surface area contributed by atoms with Crippen molar-refractivity contribution < 1.29 is 18.8 Å². The van der Waals surface area contributed by atoms with Gasteiger partial charge in [-0.2, -0.15) is 0 Å². The zero-order chi connectivity index (χ0) is 20.0. The maximum absolute atomic E-state index is 13.1. The summed E-state index contributed by atoms with van der Waals surface area (Å²) in [5.41, 5.74) is 2.37. The highest BCUT2D eigenvalue weighted by atomic mass is 35.5. The van der Waals surface area contributed by atoms with Crippen LogP contribution in [0.4, 0.5) is 15.8 Å². The molecular weight excluding hydrogens is 373 g/mol. The molecule has 8 heteroatoms. The van der Waals surface area contributed by atoms with Crippen molar-refractivity contribution in [2.75, 3.05) is 10.6 Å². The minimum atomic E-state index is -0.873. The van der Waals surface area contributed by atoms with Crippen LogP contribution < -0.4 is 10.6 Å². The lowest BCUT2D eigenvalue weighted by Gasteiger charge is -2.12. The molecule has 6 nitrogen and oxygen atoms in total. The third-order valence-corrected chi connectivity index (χ3v) is 3.82. The van der Waals surface area contributed by atoms with Crippen molar-refractivity contribution >= 4 is 40.5 Å². The molecule has 1 atom stereocenters. The Hall–Kier alpha value is -2.93. The van der Waals surface area contributed by atoms with Gasteiger partial charge in [0.25, 0.3) is 5.91 Å². The van der Waals surface area contributed by atoms with Crippen molar-refractivity contribution in [1.29, 1.82) is 0 Å². The van der Waals surface area contributed by atoms with Crippen LogP contribution in [0.2, 0.25) is 5.02 Å². The van der Waals surface area contributed by atoms with Crippen LogP contribution in [-0.4, -0.2) is 23.6 Å². The summed E-state index contributed by atoms with van der Waals surface area (Å²) in [5.74, 6) is -1.17. The van der Waals surface area contributed by atoms with Gasteiger partial charge in [-0.3, -0.25) is 9.59 Å². The van der Waals surface area contributed by atoms with Crippen LogP contribution in [0.1, 0.15) is 26.3 Å². The van der Waals surface area contributed by atoms with E-state index in [0.717, 1.165) is 11.6 Å². The van der Waals surface area contributed by atoms with Crippen molar-refractivity contribution in [2.45, 2.75) is 26.9 Å². The van der Waals surface area contributed by atoms with Crippen molar-refractivity contribution in [1.82, 2.24) is 0 Å². The van der Waals surface area contributed by atoms with E-state index in [0.29, 0.717) is 17.1 Å². The summed E-state index contributed by atoms with van der Waals surface area (Å²) < 4.78 is 13.1. The summed E-state index contributed by atoms with van der Waals surface area (Å²) in [6, 6.07) is 10.9. The van der Waals surface area contributed by atoms with Crippen molar-refractivity contribution in [3.63, 3.8) is 0 Å². The van der Waals surface area contributed by atoms with Gasteiger partial charge in [0, 0.05) is 18.3 Å². The van der Waals surface area contributed by atoms with Gasteiger partial charge in [-0.1, -0.05) is 28.9 Å². The molecule has 0 saturated carbocycles. The molecule has 0 bridgehead atoms. The molecule has 2 amide bonds. The molecule has 0 saturated heterocycles. The molecule has 0 aromatic heterocycles. The van der Waals surface area contributed by atoms with E-state index < -0.39 is 17.8 Å². The predicted molar refractivity (Wildman–Crippen MR) is 104 cm³/mol. The zero-order valence-corrected chi connectivity index (χ0v) is 15.8. The molecule has 2 aromatic carbocycles. The van der Waals surface area contributed by atoms with Crippen LogP contribution in [0, 0.1) is 5.82 Å². The number of oxime groups is 1. The van der Waals surface area contributed by atoms with Crippen LogP contribution in [0.5, 0.6) is 0 Å². The molecule has 0 heterocycles. The van der Waals surface area contributed by atoms with Crippen molar-refractivity contribution in [2.24, 2.45) is 5.16 Å². The number of anilines is 2. The van der Waals surface area contributed by atoms with Crippen molar-refractivity contribution in [3.8, 4) is 0 Å². The number of benzene rings is 2. The Morgan fingerprint density at radius 2 is 1.70 bits per heavy atom. The van der Waals surface area contributed by atoms with Gasteiger partial charge < -0.3 is 15.5 Å². The van der Waals surface area contributed by atoms with E-state index in [1.165, 1.54) is 26.0 Å². The summed E-state index contributed by atoms with van der Waals surface area (Å²) >= 11 is 5.68. The van der Waals surface area contributed by atoms with E-state index in [-0.39, 0.29) is 10.9 Å². The molecular formula is C19H19ClFN3O3. The largest absolute Gasteiger partial charge is 0.382 e. The lowest BCUT2D eigenvalue weighted by molar-refractivity contribution is -0.126. The van der Waals surface area contributed by atoms with Crippen LogP contribution in [-0.2, 0) is 14.4 Å². The lowest BCUT2D eigenvalue weighted by atomic mass is 10.1. The highest BCUT2D eigenvalue weighted by Crippen LogP contribution is 2.19. The summed E-state index contributed by atoms with van der Waals surface area (Å²) in [4.78, 5) is 28.4. The Kier molecular flexibility index (Phi) is 6.90. The number of carbonyl (C=O) groups excluding carboxylic acids is 2. The first-order chi connectivity index (χ1) is 12.8. The summed E-state index contributed by atoms with van der Waals surface area (Å²) in [7, 11) is 0. The van der Waals surface area contributed by atoms with E-state index >= 15 is 0 Å². The van der Waals surface area contributed by atoms with E-state index in [4.69, 9.17) is 16.4 Å². The first-order valence-corrected chi connectivity index (χ1v) is 8.48. The Morgan fingerprint density at radius 3 is 2.30 bits per heavy atom. The number of nitrogens with zero attached hydrogens (tertiary/aromatic N) is 1. The maximum Gasteiger partial charge on any atom is 0.267 e. The third kappa shape index (κ3) is 6.07. The summed E-state index contributed by atoms with van der Waals surface area (Å²) in [6.07, 6.45) is -0.873. The molecule has 0 aliphatic carbocycles. The predicted octanol–water partition coefficient (Wildman–Crippen LogP) is 4.21. The molecule has 2 aromatic rings. The van der Waals surface area contributed by atoms with E-state index in [1.807, 2.05) is 0 Å². The van der Waals surface area contributed by atoms with E-state index in [9.17, 15) is 14.0 Å². The van der Waals surface area contributed by atoms with Gasteiger partial charge in [-0.25, -0.2) is 4.39 Å². The quantitative estimate of drug-likeness (QED) is 0.572. The Labute approximate surface area is 161 Å². The molecule has 27 heavy (non-hydrogen) atoms. The number of carbonyl (C=O) groups is 2. The van der Waals surface area contributed by atoms with E-state index in [1.54, 1.807) is 31.2 Å². The van der Waals surface area contributed by atoms with Crippen LogP contribution >= 0.6 is 11.6 Å². The molecule has 0 spiro atoms. The normalized spacial score (nSPS) is 12.3. The first kappa shape index (κ1) is 20.4. The van der Waals surface area contributed by atoms with Gasteiger partial charge in [0.1, 0.15) is 5.82 Å². The smallest absolute Gasteiger partial charge is 0.267 e. The lowest BCUT2D eigenvalue weighted by Crippen LogP contribution is -2.26. The molecule has 2 rings (SSSR count). The van der Waals surface area contributed by atoms with Gasteiger partial charge >= 0.3 is 0 Å². The van der Waals surface area contributed by atoms with Crippen LogP contribution in [0.3, 0.4) is 0 Å². The second-order valence-corrected chi connectivity index (χ2v) is 6.21. The second kappa shape index (κ2) is 9.14. The molecule has 0 radical (unpaired) electrons. The topological polar surface area (TPSA) is 79.8 Å². The highest BCUT2D eigenvalue weighted by molar-refractivity contribution is 6.31. The van der Waals surface area contributed by atoms with Crippen molar-refractivity contribution in [3.05, 3.63) is 58.9 Å². The molecule has 142 valence electrons. The average molecular weight is 392 g/mol. The van der Waals surface area contributed by atoms with Gasteiger partial charge in [0.2, 0.25) is 12.0 Å². The highest BCUT2D eigenvalue weighted by Gasteiger charge is 2.15. The van der Waals surface area contributed by atoms with E-state index in [2.05, 4.69) is 15.8 Å². The molecule has 2 N–H and O–H groups in total.